The molecule has 2 aliphatic rings. The first kappa shape index (κ1) is 20.6. The van der Waals surface area contributed by atoms with Crippen molar-refractivity contribution in [2.75, 3.05) is 31.7 Å². The summed E-state index contributed by atoms with van der Waals surface area (Å²) < 4.78 is 16.3. The molecule has 1 saturated heterocycles. The summed E-state index contributed by atoms with van der Waals surface area (Å²) in [6.45, 7) is 8.64. The molecule has 8 heteroatoms. The number of hydrogen-bond donors (Lipinski definition) is 0. The van der Waals surface area contributed by atoms with Gasteiger partial charge in [-0.3, -0.25) is 4.90 Å². The predicted molar refractivity (Wildman–Crippen MR) is 106 cm³/mol. The fraction of sp³-hybridized carbons (Fsp3) is 0.600. The zero-order chi connectivity index (χ0) is 20.7. The lowest BCUT2D eigenvalue weighted by Crippen LogP contribution is -2.52. The van der Waals surface area contributed by atoms with E-state index in [-0.39, 0.29) is 6.04 Å². The molecule has 3 rings (SSSR count). The van der Waals surface area contributed by atoms with E-state index in [2.05, 4.69) is 4.90 Å². The van der Waals surface area contributed by atoms with Gasteiger partial charge in [-0.15, -0.1) is 0 Å². The third-order valence-corrected chi connectivity index (χ3v) is 5.36. The van der Waals surface area contributed by atoms with E-state index in [1.54, 1.807) is 33.8 Å². The summed E-state index contributed by atoms with van der Waals surface area (Å²) in [5.41, 5.74) is -0.861. The molecule has 2 heterocycles. The van der Waals surface area contributed by atoms with Gasteiger partial charge in [-0.25, -0.2) is 9.59 Å². The van der Waals surface area contributed by atoms with Gasteiger partial charge < -0.3 is 19.1 Å². The molecule has 2 aliphatic heterocycles. The van der Waals surface area contributed by atoms with Crippen LogP contribution < -0.4 is 9.64 Å². The molecule has 1 fully saturated rings. The van der Waals surface area contributed by atoms with Gasteiger partial charge in [-0.2, -0.15) is 0 Å². The van der Waals surface area contributed by atoms with E-state index < -0.39 is 23.2 Å². The minimum Gasteiger partial charge on any atom is -0.490 e. The van der Waals surface area contributed by atoms with Gasteiger partial charge in [0, 0.05) is 30.1 Å². The second-order valence-corrected chi connectivity index (χ2v) is 8.80. The molecule has 2 atom stereocenters. The summed E-state index contributed by atoms with van der Waals surface area (Å²) in [5.74, 6) is 0.250. The number of ether oxygens (including phenoxy) is 3. The van der Waals surface area contributed by atoms with Crippen LogP contribution in [-0.2, 0) is 14.3 Å². The number of esters is 1. The minimum atomic E-state index is -1.10. The van der Waals surface area contributed by atoms with Crippen LogP contribution in [0.4, 0.5) is 10.5 Å². The van der Waals surface area contributed by atoms with Gasteiger partial charge in [0.2, 0.25) is 0 Å². The van der Waals surface area contributed by atoms with Crippen molar-refractivity contribution in [2.45, 2.75) is 51.3 Å². The van der Waals surface area contributed by atoms with Crippen molar-refractivity contribution < 1.29 is 23.8 Å². The van der Waals surface area contributed by atoms with Gasteiger partial charge in [0.25, 0.3) is 0 Å². The summed E-state index contributed by atoms with van der Waals surface area (Å²) in [5, 5.41) is 0.599. The number of halogens is 1. The van der Waals surface area contributed by atoms with Crippen molar-refractivity contribution in [3.63, 3.8) is 0 Å². The molecule has 154 valence electrons. The third-order valence-electron chi connectivity index (χ3n) is 5.12. The zero-order valence-electron chi connectivity index (χ0n) is 17.0. The Morgan fingerprint density at radius 3 is 2.68 bits per heavy atom. The maximum absolute atomic E-state index is 12.9. The second-order valence-electron chi connectivity index (χ2n) is 8.37. The molecule has 0 radical (unpaired) electrons. The first-order valence-corrected chi connectivity index (χ1v) is 9.71. The van der Waals surface area contributed by atoms with Crippen LogP contribution in [0, 0.1) is 0 Å². The van der Waals surface area contributed by atoms with Crippen LogP contribution in [0.3, 0.4) is 0 Å². The van der Waals surface area contributed by atoms with Crippen LogP contribution in [0.15, 0.2) is 18.2 Å². The van der Waals surface area contributed by atoms with Crippen LogP contribution in [0.5, 0.6) is 5.75 Å². The van der Waals surface area contributed by atoms with E-state index >= 15 is 0 Å². The fourth-order valence-electron chi connectivity index (χ4n) is 3.86. The number of fused-ring (bicyclic) bond motifs is 1. The Bertz CT molecular complexity index is 778. The SMILES string of the molecule is COC(=O)C1(C)CC(N2CCOc3cc(Cl)ccc32)CN1C(=O)OC(C)(C)C. The van der Waals surface area contributed by atoms with E-state index in [4.69, 9.17) is 25.8 Å². The summed E-state index contributed by atoms with van der Waals surface area (Å²) >= 11 is 6.09. The zero-order valence-corrected chi connectivity index (χ0v) is 17.7. The topological polar surface area (TPSA) is 68.3 Å². The number of carbonyl (C=O) groups is 2. The van der Waals surface area contributed by atoms with E-state index in [1.165, 1.54) is 12.0 Å². The highest BCUT2D eigenvalue weighted by molar-refractivity contribution is 6.30. The number of amides is 1. The standard InChI is InChI=1S/C20H27ClN2O5/c1-19(2,3)28-18(25)23-12-14(11-20(23,4)17(24)26-5)22-8-9-27-16-10-13(21)6-7-15(16)22/h6-7,10,14H,8-9,11-12H2,1-5H3. The Hall–Kier alpha value is -2.15. The van der Waals surface area contributed by atoms with Crippen molar-refractivity contribution in [3.8, 4) is 5.75 Å². The van der Waals surface area contributed by atoms with Crippen LogP contribution >= 0.6 is 11.6 Å². The molecule has 0 spiro atoms. The Morgan fingerprint density at radius 1 is 1.32 bits per heavy atom. The summed E-state index contributed by atoms with van der Waals surface area (Å²) in [6, 6.07) is 5.41. The van der Waals surface area contributed by atoms with E-state index in [9.17, 15) is 9.59 Å². The van der Waals surface area contributed by atoms with Crippen molar-refractivity contribution >= 4 is 29.4 Å². The molecular weight excluding hydrogens is 384 g/mol. The van der Waals surface area contributed by atoms with Crippen molar-refractivity contribution in [2.24, 2.45) is 0 Å². The number of rotatable bonds is 2. The van der Waals surface area contributed by atoms with E-state index in [0.29, 0.717) is 36.9 Å². The molecule has 1 aromatic carbocycles. The van der Waals surface area contributed by atoms with Gasteiger partial charge in [-0.1, -0.05) is 11.6 Å². The first-order chi connectivity index (χ1) is 13.0. The van der Waals surface area contributed by atoms with Gasteiger partial charge in [0.05, 0.1) is 19.3 Å². The molecule has 1 aromatic rings. The number of nitrogens with zero attached hydrogens (tertiary/aromatic N) is 2. The average molecular weight is 411 g/mol. The van der Waals surface area contributed by atoms with Crippen molar-refractivity contribution in [3.05, 3.63) is 23.2 Å². The molecule has 1 amide bonds. The Balaban J connectivity index is 1.91. The first-order valence-electron chi connectivity index (χ1n) is 9.33. The molecule has 2 unspecified atom stereocenters. The number of methoxy groups -OCH3 is 1. The Morgan fingerprint density at radius 2 is 2.04 bits per heavy atom. The highest BCUT2D eigenvalue weighted by Gasteiger charge is 2.53. The Kier molecular flexibility index (Phi) is 5.40. The monoisotopic (exact) mass is 410 g/mol. The number of likely N-dealkylation sites (tertiary alicyclic amines) is 1. The lowest BCUT2D eigenvalue weighted by Gasteiger charge is -2.36. The molecule has 0 aliphatic carbocycles. The van der Waals surface area contributed by atoms with Crippen LogP contribution in [0.1, 0.15) is 34.1 Å². The average Bonchev–Trinajstić information content (AvgIpc) is 2.97. The highest BCUT2D eigenvalue weighted by Crippen LogP contribution is 2.40. The highest BCUT2D eigenvalue weighted by atomic mass is 35.5. The summed E-state index contributed by atoms with van der Waals surface area (Å²) in [6.07, 6.45) is -0.0893. The summed E-state index contributed by atoms with van der Waals surface area (Å²) in [7, 11) is 1.33. The fourth-order valence-corrected chi connectivity index (χ4v) is 4.02. The van der Waals surface area contributed by atoms with Crippen LogP contribution in [0.25, 0.3) is 0 Å². The van der Waals surface area contributed by atoms with Gasteiger partial charge >= 0.3 is 12.1 Å². The maximum atomic E-state index is 12.9. The number of anilines is 1. The number of hydrogen-bond acceptors (Lipinski definition) is 6. The maximum Gasteiger partial charge on any atom is 0.411 e. The largest absolute Gasteiger partial charge is 0.490 e. The molecule has 7 nitrogen and oxygen atoms in total. The Labute approximate surface area is 170 Å². The van der Waals surface area contributed by atoms with Gasteiger partial charge in [0.1, 0.15) is 23.5 Å². The lowest BCUT2D eigenvalue weighted by molar-refractivity contribution is -0.152. The predicted octanol–water partition coefficient (Wildman–Crippen LogP) is 3.48. The number of carbonyl (C=O) groups excluding carboxylic acids is 2. The third kappa shape index (κ3) is 3.85. The molecule has 0 bridgehead atoms. The quantitative estimate of drug-likeness (QED) is 0.695. The molecule has 28 heavy (non-hydrogen) atoms. The van der Waals surface area contributed by atoms with E-state index in [0.717, 1.165) is 5.69 Å². The normalized spacial score (nSPS) is 24.4. The summed E-state index contributed by atoms with van der Waals surface area (Å²) in [4.78, 5) is 29.1. The lowest BCUT2D eigenvalue weighted by atomic mass is 9.96. The van der Waals surface area contributed by atoms with Crippen molar-refractivity contribution in [1.82, 2.24) is 4.90 Å². The smallest absolute Gasteiger partial charge is 0.411 e. The van der Waals surface area contributed by atoms with Crippen LogP contribution in [-0.4, -0.2) is 61.0 Å². The number of benzene rings is 1. The van der Waals surface area contributed by atoms with Gasteiger partial charge in [-0.05, 0) is 39.8 Å². The van der Waals surface area contributed by atoms with Crippen LogP contribution in [0.2, 0.25) is 5.02 Å². The molecule has 0 saturated carbocycles. The molecule has 0 aromatic heterocycles. The van der Waals surface area contributed by atoms with E-state index in [1.807, 2.05) is 12.1 Å². The second kappa shape index (κ2) is 7.35. The minimum absolute atomic E-state index is 0.0829. The van der Waals surface area contributed by atoms with Crippen molar-refractivity contribution in [1.29, 1.82) is 0 Å². The molecular formula is C20H27ClN2O5. The molecule has 0 N–H and O–H groups in total. The van der Waals surface area contributed by atoms with Gasteiger partial charge in [0.15, 0.2) is 0 Å².